The fraction of sp³-hybridized carbons (Fsp3) is 0.320. The second-order valence-electron chi connectivity index (χ2n) is 8.32. The number of hydrogen-bond acceptors (Lipinski definition) is 4. The minimum absolute atomic E-state index is 0.0971. The number of carbonyl (C=O) groups excluding carboxylic acids is 3. The first kappa shape index (κ1) is 24.0. The standard InChI is InChI=1S/C25H28FN3O4/c1-6-13(2)29-24(32)25(4)12-15(7-8-20(25)26)17-11-18-19(9-16(17)10-21(27)30)33-14(3)22(18)23(31)28-5/h7-9,11-12,20H,2,6,10H2,1,3-5H3,(H2,27,30)(H,28,31)(H,29,32). The minimum atomic E-state index is -1.56. The number of halogens is 1. The highest BCUT2D eigenvalue weighted by Gasteiger charge is 2.41. The third-order valence-electron chi connectivity index (χ3n) is 5.90. The summed E-state index contributed by atoms with van der Waals surface area (Å²) in [6.07, 6.45) is 3.27. The first-order valence-electron chi connectivity index (χ1n) is 10.6. The molecule has 2 aromatic rings. The smallest absolute Gasteiger partial charge is 0.255 e. The van der Waals surface area contributed by atoms with E-state index in [9.17, 15) is 18.8 Å². The van der Waals surface area contributed by atoms with Crippen molar-refractivity contribution in [3.05, 3.63) is 65.1 Å². The van der Waals surface area contributed by atoms with Crippen molar-refractivity contribution in [3.8, 4) is 0 Å². The average molecular weight is 454 g/mol. The monoisotopic (exact) mass is 453 g/mol. The predicted molar refractivity (Wildman–Crippen MR) is 125 cm³/mol. The van der Waals surface area contributed by atoms with Gasteiger partial charge in [-0.2, -0.15) is 0 Å². The Hall–Kier alpha value is -3.68. The number of benzene rings is 1. The molecule has 2 atom stereocenters. The second-order valence-corrected chi connectivity index (χ2v) is 8.32. The van der Waals surface area contributed by atoms with Crippen LogP contribution in [0.3, 0.4) is 0 Å². The van der Waals surface area contributed by atoms with Crippen LogP contribution in [0, 0.1) is 12.3 Å². The molecule has 4 N–H and O–H groups in total. The first-order valence-corrected chi connectivity index (χ1v) is 10.6. The summed E-state index contributed by atoms with van der Waals surface area (Å²) in [4.78, 5) is 37.1. The Bertz CT molecular complexity index is 1220. The Labute approximate surface area is 191 Å². The lowest BCUT2D eigenvalue weighted by atomic mass is 9.76. The highest BCUT2D eigenvalue weighted by atomic mass is 19.1. The van der Waals surface area contributed by atoms with Gasteiger partial charge in [0.1, 0.15) is 22.9 Å². The zero-order valence-electron chi connectivity index (χ0n) is 19.2. The quantitative estimate of drug-likeness (QED) is 0.596. The Morgan fingerprint density at radius 2 is 2.00 bits per heavy atom. The van der Waals surface area contributed by atoms with Crippen LogP contribution < -0.4 is 16.4 Å². The van der Waals surface area contributed by atoms with Gasteiger partial charge in [0.25, 0.3) is 5.91 Å². The largest absolute Gasteiger partial charge is 0.461 e. The fourth-order valence-corrected chi connectivity index (χ4v) is 3.90. The number of alkyl halides is 1. The molecule has 1 aliphatic rings. The molecule has 0 radical (unpaired) electrons. The van der Waals surface area contributed by atoms with Gasteiger partial charge in [0, 0.05) is 18.1 Å². The average Bonchev–Trinajstić information content (AvgIpc) is 3.08. The summed E-state index contributed by atoms with van der Waals surface area (Å²) in [5, 5.41) is 5.79. The first-order chi connectivity index (χ1) is 15.5. The number of carbonyl (C=O) groups is 3. The molecule has 3 amide bonds. The number of fused-ring (bicyclic) bond motifs is 1. The summed E-state index contributed by atoms with van der Waals surface area (Å²) >= 11 is 0. The second kappa shape index (κ2) is 9.05. The molecule has 7 nitrogen and oxygen atoms in total. The Morgan fingerprint density at radius 3 is 2.61 bits per heavy atom. The van der Waals surface area contributed by atoms with Gasteiger partial charge in [-0.05, 0) is 55.2 Å². The maximum Gasteiger partial charge on any atom is 0.255 e. The lowest BCUT2D eigenvalue weighted by molar-refractivity contribution is -0.129. The topological polar surface area (TPSA) is 114 Å². The minimum Gasteiger partial charge on any atom is -0.461 e. The van der Waals surface area contributed by atoms with Crippen molar-refractivity contribution in [1.82, 2.24) is 10.6 Å². The lowest BCUT2D eigenvalue weighted by Gasteiger charge is -2.31. The number of amides is 3. The SMILES string of the molecule is C=C(CC)NC(=O)C1(C)C=C(c2cc3c(C(=O)NC)c(C)oc3cc2CC(N)=O)C=CC1F. The summed E-state index contributed by atoms with van der Waals surface area (Å²) in [6.45, 7) is 8.78. The zero-order valence-corrected chi connectivity index (χ0v) is 19.2. The number of furan rings is 1. The molecule has 174 valence electrons. The van der Waals surface area contributed by atoms with E-state index in [-0.39, 0.29) is 12.3 Å². The van der Waals surface area contributed by atoms with Crippen molar-refractivity contribution in [2.75, 3.05) is 7.05 Å². The van der Waals surface area contributed by atoms with E-state index in [0.717, 1.165) is 0 Å². The van der Waals surface area contributed by atoms with E-state index in [1.807, 2.05) is 6.92 Å². The van der Waals surface area contributed by atoms with Crippen molar-refractivity contribution < 1.29 is 23.2 Å². The molecule has 0 saturated heterocycles. The van der Waals surface area contributed by atoms with Crippen LogP contribution in [0.25, 0.3) is 16.5 Å². The van der Waals surface area contributed by atoms with E-state index in [1.165, 1.54) is 26.1 Å². The number of nitrogens with one attached hydrogen (secondary N) is 2. The number of rotatable bonds is 7. The molecule has 0 spiro atoms. The number of nitrogens with two attached hydrogens (primary N) is 1. The van der Waals surface area contributed by atoms with Crippen LogP contribution >= 0.6 is 0 Å². The van der Waals surface area contributed by atoms with Crippen LogP contribution in [-0.4, -0.2) is 30.9 Å². The third kappa shape index (κ3) is 4.46. The lowest BCUT2D eigenvalue weighted by Crippen LogP contribution is -2.43. The van der Waals surface area contributed by atoms with E-state index in [0.29, 0.717) is 51.1 Å². The van der Waals surface area contributed by atoms with Crippen LogP contribution in [0.4, 0.5) is 4.39 Å². The van der Waals surface area contributed by atoms with Crippen molar-refractivity contribution in [2.24, 2.45) is 11.1 Å². The van der Waals surface area contributed by atoms with Crippen molar-refractivity contribution in [2.45, 2.75) is 39.8 Å². The van der Waals surface area contributed by atoms with Gasteiger partial charge in [0.2, 0.25) is 11.8 Å². The molecule has 1 aromatic carbocycles. The molecule has 8 heteroatoms. The third-order valence-corrected chi connectivity index (χ3v) is 5.90. The Morgan fingerprint density at radius 1 is 1.30 bits per heavy atom. The predicted octanol–water partition coefficient (Wildman–Crippen LogP) is 3.47. The molecule has 3 rings (SSSR count). The van der Waals surface area contributed by atoms with E-state index < -0.39 is 23.4 Å². The number of aryl methyl sites for hydroxylation is 1. The number of primary amides is 1. The molecule has 0 fully saturated rings. The highest BCUT2D eigenvalue weighted by molar-refractivity contribution is 6.08. The maximum absolute atomic E-state index is 14.9. The van der Waals surface area contributed by atoms with Gasteiger partial charge in [-0.3, -0.25) is 14.4 Å². The summed E-state index contributed by atoms with van der Waals surface area (Å²) in [6, 6.07) is 3.37. The molecular weight excluding hydrogens is 425 g/mol. The zero-order chi connectivity index (χ0) is 24.5. The summed E-state index contributed by atoms with van der Waals surface area (Å²) in [7, 11) is 1.52. The highest BCUT2D eigenvalue weighted by Crippen LogP contribution is 2.39. The van der Waals surface area contributed by atoms with Gasteiger partial charge in [-0.25, -0.2) is 4.39 Å². The van der Waals surface area contributed by atoms with Crippen LogP contribution in [0.1, 0.15) is 47.5 Å². The van der Waals surface area contributed by atoms with Crippen molar-refractivity contribution in [3.63, 3.8) is 0 Å². The van der Waals surface area contributed by atoms with Crippen LogP contribution in [0.2, 0.25) is 0 Å². The van der Waals surface area contributed by atoms with E-state index in [4.69, 9.17) is 10.2 Å². The molecule has 0 saturated carbocycles. The van der Waals surface area contributed by atoms with Gasteiger partial charge in [-0.15, -0.1) is 0 Å². The van der Waals surface area contributed by atoms with Crippen LogP contribution in [0.15, 0.2) is 47.1 Å². The van der Waals surface area contributed by atoms with Gasteiger partial charge >= 0.3 is 0 Å². The maximum atomic E-state index is 14.9. The van der Waals surface area contributed by atoms with Crippen LogP contribution in [-0.2, 0) is 16.0 Å². The molecule has 1 aromatic heterocycles. The fourth-order valence-electron chi connectivity index (χ4n) is 3.90. The summed E-state index contributed by atoms with van der Waals surface area (Å²) < 4.78 is 20.7. The van der Waals surface area contributed by atoms with Gasteiger partial charge in [-0.1, -0.05) is 25.7 Å². The Kier molecular flexibility index (Phi) is 6.58. The molecule has 2 unspecified atom stereocenters. The summed E-state index contributed by atoms with van der Waals surface area (Å²) in [5.41, 5.74) is 6.86. The van der Waals surface area contributed by atoms with Crippen LogP contribution in [0.5, 0.6) is 0 Å². The Balaban J connectivity index is 2.22. The van der Waals surface area contributed by atoms with Gasteiger partial charge in [0.15, 0.2) is 0 Å². The molecule has 1 heterocycles. The number of hydrogen-bond donors (Lipinski definition) is 3. The summed E-state index contributed by atoms with van der Waals surface area (Å²) in [5.74, 6) is -0.981. The molecular formula is C25H28FN3O4. The van der Waals surface area contributed by atoms with Gasteiger partial charge < -0.3 is 20.8 Å². The number of allylic oxidation sites excluding steroid dienone is 4. The normalized spacial score (nSPS) is 19.8. The van der Waals surface area contributed by atoms with E-state index in [2.05, 4.69) is 17.2 Å². The van der Waals surface area contributed by atoms with Crippen molar-refractivity contribution in [1.29, 1.82) is 0 Å². The molecule has 1 aliphatic carbocycles. The molecule has 0 bridgehead atoms. The molecule has 33 heavy (non-hydrogen) atoms. The molecule has 0 aliphatic heterocycles. The van der Waals surface area contributed by atoms with E-state index in [1.54, 1.807) is 25.1 Å². The van der Waals surface area contributed by atoms with E-state index >= 15 is 0 Å². The van der Waals surface area contributed by atoms with Gasteiger partial charge in [0.05, 0.1) is 12.0 Å². The van der Waals surface area contributed by atoms with Crippen molar-refractivity contribution >= 4 is 34.3 Å².